The van der Waals surface area contributed by atoms with Crippen molar-refractivity contribution in [3.63, 3.8) is 0 Å². The van der Waals surface area contributed by atoms with E-state index in [-0.39, 0.29) is 18.4 Å². The number of hydrogen-bond acceptors (Lipinski definition) is 3. The number of aliphatic hydroxyl groups is 1. The highest BCUT2D eigenvalue weighted by atomic mass is 16.3. The van der Waals surface area contributed by atoms with Crippen LogP contribution >= 0.6 is 0 Å². The van der Waals surface area contributed by atoms with Gasteiger partial charge in [-0.2, -0.15) is 0 Å². The summed E-state index contributed by atoms with van der Waals surface area (Å²) in [4.78, 5) is 11.7. The van der Waals surface area contributed by atoms with E-state index in [1.54, 1.807) is 6.92 Å². The Labute approximate surface area is 98.6 Å². The van der Waals surface area contributed by atoms with Gasteiger partial charge in [-0.15, -0.1) is 0 Å². The Balaban J connectivity index is 4.10. The summed E-state index contributed by atoms with van der Waals surface area (Å²) in [6.45, 7) is 7.94. The zero-order valence-electron chi connectivity index (χ0n) is 10.9. The van der Waals surface area contributed by atoms with E-state index < -0.39 is 11.6 Å². The van der Waals surface area contributed by atoms with Gasteiger partial charge < -0.3 is 16.2 Å². The molecule has 0 rings (SSSR count). The Hall–Kier alpha value is -0.610. The maximum atomic E-state index is 11.7. The van der Waals surface area contributed by atoms with Gasteiger partial charge in [0.2, 0.25) is 5.91 Å². The first kappa shape index (κ1) is 15.4. The Morgan fingerprint density at radius 3 is 2.25 bits per heavy atom. The van der Waals surface area contributed by atoms with Gasteiger partial charge in [0.1, 0.15) is 0 Å². The van der Waals surface area contributed by atoms with Crippen LogP contribution in [-0.2, 0) is 4.79 Å². The standard InChI is InChI=1S/C12H26N2O2/c1-5-9(6-2)10(15)8-14-11(16)12(4,13)7-3/h9-10,15H,5-8,13H2,1-4H3,(H,14,16). The van der Waals surface area contributed by atoms with Gasteiger partial charge in [-0.3, -0.25) is 4.79 Å². The molecule has 0 heterocycles. The molecule has 0 bridgehead atoms. The molecule has 0 spiro atoms. The van der Waals surface area contributed by atoms with Crippen LogP contribution in [0.15, 0.2) is 0 Å². The summed E-state index contributed by atoms with van der Waals surface area (Å²) in [7, 11) is 0. The molecule has 1 amide bonds. The predicted molar refractivity (Wildman–Crippen MR) is 66.0 cm³/mol. The minimum Gasteiger partial charge on any atom is -0.391 e. The highest BCUT2D eigenvalue weighted by Crippen LogP contribution is 2.12. The number of amides is 1. The Morgan fingerprint density at radius 2 is 1.88 bits per heavy atom. The van der Waals surface area contributed by atoms with Crippen molar-refractivity contribution in [3.8, 4) is 0 Å². The van der Waals surface area contributed by atoms with Crippen molar-refractivity contribution < 1.29 is 9.90 Å². The molecule has 0 saturated heterocycles. The molecule has 0 aromatic carbocycles. The molecule has 4 heteroatoms. The van der Waals surface area contributed by atoms with E-state index in [1.165, 1.54) is 0 Å². The van der Waals surface area contributed by atoms with Crippen molar-refractivity contribution in [2.45, 2.75) is 58.6 Å². The van der Waals surface area contributed by atoms with Crippen LogP contribution in [0.5, 0.6) is 0 Å². The highest BCUT2D eigenvalue weighted by molar-refractivity contribution is 5.85. The zero-order chi connectivity index (χ0) is 12.8. The summed E-state index contributed by atoms with van der Waals surface area (Å²) in [5.41, 5.74) is 4.95. The van der Waals surface area contributed by atoms with Gasteiger partial charge in [0.15, 0.2) is 0 Å². The Morgan fingerprint density at radius 1 is 1.38 bits per heavy atom. The summed E-state index contributed by atoms with van der Waals surface area (Å²) in [6, 6.07) is 0. The van der Waals surface area contributed by atoms with Crippen LogP contribution in [0.1, 0.15) is 47.0 Å². The normalized spacial score (nSPS) is 16.9. The topological polar surface area (TPSA) is 75.3 Å². The smallest absolute Gasteiger partial charge is 0.239 e. The third-order valence-electron chi connectivity index (χ3n) is 3.32. The quantitative estimate of drug-likeness (QED) is 0.611. The SMILES string of the molecule is CCC(CC)C(O)CNC(=O)C(C)(N)CC. The molecule has 4 N–H and O–H groups in total. The van der Waals surface area contributed by atoms with Gasteiger partial charge >= 0.3 is 0 Å². The first-order valence-electron chi connectivity index (χ1n) is 6.14. The number of carbonyl (C=O) groups excluding carboxylic acids is 1. The molecule has 0 saturated carbocycles. The fraction of sp³-hybridized carbons (Fsp3) is 0.917. The van der Waals surface area contributed by atoms with E-state index in [9.17, 15) is 9.90 Å². The lowest BCUT2D eigenvalue weighted by molar-refractivity contribution is -0.126. The minimum absolute atomic E-state index is 0.194. The highest BCUT2D eigenvalue weighted by Gasteiger charge is 2.26. The number of nitrogens with one attached hydrogen (secondary N) is 1. The summed E-state index contributed by atoms with van der Waals surface area (Å²) < 4.78 is 0. The third kappa shape index (κ3) is 4.49. The van der Waals surface area contributed by atoms with Crippen molar-refractivity contribution >= 4 is 5.91 Å². The molecule has 96 valence electrons. The first-order valence-corrected chi connectivity index (χ1v) is 6.14. The van der Waals surface area contributed by atoms with Gasteiger partial charge in [-0.1, -0.05) is 33.6 Å². The number of hydrogen-bond donors (Lipinski definition) is 3. The molecule has 2 unspecified atom stereocenters. The lowest BCUT2D eigenvalue weighted by Gasteiger charge is -2.25. The molecule has 16 heavy (non-hydrogen) atoms. The van der Waals surface area contributed by atoms with Crippen LogP contribution in [0.25, 0.3) is 0 Å². The van der Waals surface area contributed by atoms with Crippen LogP contribution in [0.2, 0.25) is 0 Å². The van der Waals surface area contributed by atoms with Gasteiger partial charge in [0.05, 0.1) is 11.6 Å². The number of nitrogens with two attached hydrogens (primary N) is 1. The predicted octanol–water partition coefficient (Wildman–Crippen LogP) is 1.03. The van der Waals surface area contributed by atoms with Gasteiger partial charge in [0.25, 0.3) is 0 Å². The van der Waals surface area contributed by atoms with Crippen molar-refractivity contribution in [2.75, 3.05) is 6.54 Å². The zero-order valence-corrected chi connectivity index (χ0v) is 10.9. The molecule has 0 aliphatic carbocycles. The second kappa shape index (κ2) is 6.86. The molecule has 0 aliphatic heterocycles. The van der Waals surface area contributed by atoms with Crippen LogP contribution in [-0.4, -0.2) is 29.2 Å². The molecular formula is C12H26N2O2. The van der Waals surface area contributed by atoms with Gasteiger partial charge in [0, 0.05) is 6.54 Å². The molecule has 0 aromatic heterocycles. The molecule has 0 aliphatic rings. The van der Waals surface area contributed by atoms with E-state index in [0.717, 1.165) is 12.8 Å². The van der Waals surface area contributed by atoms with Crippen LogP contribution in [0, 0.1) is 5.92 Å². The van der Waals surface area contributed by atoms with E-state index >= 15 is 0 Å². The summed E-state index contributed by atoms with van der Waals surface area (Å²) in [5, 5.41) is 12.5. The van der Waals surface area contributed by atoms with Crippen molar-refractivity contribution in [1.82, 2.24) is 5.32 Å². The average Bonchev–Trinajstić information content (AvgIpc) is 2.27. The van der Waals surface area contributed by atoms with Crippen molar-refractivity contribution in [2.24, 2.45) is 11.7 Å². The fourth-order valence-electron chi connectivity index (χ4n) is 1.56. The largest absolute Gasteiger partial charge is 0.391 e. The molecule has 0 fully saturated rings. The summed E-state index contributed by atoms with van der Waals surface area (Å²) in [5.74, 6) is 0.0472. The summed E-state index contributed by atoms with van der Waals surface area (Å²) in [6.07, 6.45) is 1.94. The van der Waals surface area contributed by atoms with E-state index in [0.29, 0.717) is 6.42 Å². The van der Waals surface area contributed by atoms with Crippen LogP contribution in [0.3, 0.4) is 0 Å². The number of carbonyl (C=O) groups is 1. The van der Waals surface area contributed by atoms with Crippen molar-refractivity contribution in [1.29, 1.82) is 0 Å². The third-order valence-corrected chi connectivity index (χ3v) is 3.32. The van der Waals surface area contributed by atoms with Gasteiger partial charge in [-0.05, 0) is 19.3 Å². The lowest BCUT2D eigenvalue weighted by atomic mass is 9.95. The molecular weight excluding hydrogens is 204 g/mol. The van der Waals surface area contributed by atoms with E-state index in [2.05, 4.69) is 5.32 Å². The number of aliphatic hydroxyl groups excluding tert-OH is 1. The molecule has 2 atom stereocenters. The maximum Gasteiger partial charge on any atom is 0.239 e. The minimum atomic E-state index is -0.840. The summed E-state index contributed by atoms with van der Waals surface area (Å²) >= 11 is 0. The maximum absolute atomic E-state index is 11.7. The van der Waals surface area contributed by atoms with E-state index in [4.69, 9.17) is 5.73 Å². The van der Waals surface area contributed by atoms with Gasteiger partial charge in [-0.25, -0.2) is 0 Å². The Bertz CT molecular complexity index is 213. The number of rotatable bonds is 7. The lowest BCUT2D eigenvalue weighted by Crippen LogP contribution is -2.53. The molecule has 4 nitrogen and oxygen atoms in total. The fourth-order valence-corrected chi connectivity index (χ4v) is 1.56. The second-order valence-corrected chi connectivity index (χ2v) is 4.62. The van der Waals surface area contributed by atoms with Crippen LogP contribution < -0.4 is 11.1 Å². The monoisotopic (exact) mass is 230 g/mol. The Kier molecular flexibility index (Phi) is 6.60. The molecule has 0 radical (unpaired) electrons. The average molecular weight is 230 g/mol. The second-order valence-electron chi connectivity index (χ2n) is 4.62. The van der Waals surface area contributed by atoms with Crippen molar-refractivity contribution in [3.05, 3.63) is 0 Å². The first-order chi connectivity index (χ1) is 7.38. The van der Waals surface area contributed by atoms with Crippen LogP contribution in [0.4, 0.5) is 0 Å². The van der Waals surface area contributed by atoms with E-state index in [1.807, 2.05) is 20.8 Å². The molecule has 0 aromatic rings.